The lowest BCUT2D eigenvalue weighted by Gasteiger charge is -1.95. The largest absolute Gasteiger partial charge is 0.432 e. The molecule has 0 amide bonds. The highest BCUT2D eigenvalue weighted by molar-refractivity contribution is 5.84. The van der Waals surface area contributed by atoms with Crippen LogP contribution in [0.5, 0.6) is 0 Å². The number of aromatic amines is 1. The molecule has 3 N–H and O–H groups in total. The smallest absolute Gasteiger partial charge is 0.360 e. The molecule has 2 heterocycles. The van der Waals surface area contributed by atoms with Crippen molar-refractivity contribution in [2.75, 3.05) is 5.73 Å². The quantitative estimate of drug-likeness (QED) is 0.669. The van der Waals surface area contributed by atoms with Gasteiger partial charge in [-0.05, 0) is 5.92 Å². The number of anilines is 1. The predicted molar refractivity (Wildman–Crippen MR) is 49.0 cm³/mol. The molecular weight excluding hydrogens is 164 g/mol. The molecule has 0 aliphatic heterocycles. The van der Waals surface area contributed by atoms with Gasteiger partial charge in [0.1, 0.15) is 0 Å². The summed E-state index contributed by atoms with van der Waals surface area (Å²) in [4.78, 5) is 10.9. The van der Waals surface area contributed by atoms with Gasteiger partial charge in [-0.1, -0.05) is 13.8 Å². The molecule has 0 aliphatic rings. The molecule has 13 heavy (non-hydrogen) atoms. The highest BCUT2D eigenvalue weighted by atomic mass is 14.9. The third-order valence-corrected chi connectivity index (χ3v) is 2.09. The predicted octanol–water partition coefficient (Wildman–Crippen LogP) is 0.669. The first-order chi connectivity index (χ1) is 6.20. The zero-order valence-corrected chi connectivity index (χ0v) is 7.63. The molecule has 0 aromatic carbocycles. The fraction of sp³-hybridized carbons (Fsp3) is 0.333. The Labute approximate surface area is 76.2 Å². The van der Waals surface area contributed by atoms with Gasteiger partial charge < -0.3 is 10.7 Å². The van der Waals surface area contributed by atoms with E-state index in [0.717, 1.165) is 16.6 Å². The average molecular weight is 175 g/mol. The summed E-state index contributed by atoms with van der Waals surface area (Å²) in [5.41, 5.74) is 8.49. The number of nitrogens with one attached hydrogen (secondary N) is 1. The third-order valence-electron chi connectivity index (χ3n) is 2.09. The van der Waals surface area contributed by atoms with Crippen LogP contribution in [0.2, 0.25) is 0 Å². The highest BCUT2D eigenvalue weighted by Gasteiger charge is 2.16. The van der Waals surface area contributed by atoms with Crippen LogP contribution in [-0.4, -0.2) is 9.97 Å². The fourth-order valence-corrected chi connectivity index (χ4v) is 1.37. The topological polar surface area (TPSA) is 68.8 Å². The molecule has 4 heteroatoms. The monoisotopic (exact) mass is 175 g/mol. The lowest BCUT2D eigenvalue weighted by atomic mass is 10.1. The van der Waals surface area contributed by atoms with Gasteiger partial charge in [0.25, 0.3) is 11.3 Å². The second kappa shape index (κ2) is 2.63. The number of aromatic nitrogens is 3. The number of nitrogens with two attached hydrogens (primary N) is 1. The van der Waals surface area contributed by atoms with Crippen LogP contribution in [0.4, 0.5) is 5.82 Å². The van der Waals surface area contributed by atoms with Crippen molar-refractivity contribution >= 4 is 16.9 Å². The van der Waals surface area contributed by atoms with Crippen molar-refractivity contribution in [2.24, 2.45) is 0 Å². The summed E-state index contributed by atoms with van der Waals surface area (Å²) in [6.07, 6.45) is 4.46. The maximum absolute atomic E-state index is 5.66. The molecule has 0 saturated heterocycles. The summed E-state index contributed by atoms with van der Waals surface area (Å²) < 4.78 is 0. The molecule has 2 aromatic heterocycles. The first kappa shape index (κ1) is 7.87. The first-order valence-electron chi connectivity index (χ1n) is 4.20. The minimum Gasteiger partial charge on any atom is -0.360 e. The summed E-state index contributed by atoms with van der Waals surface area (Å²) in [5, 5.41) is 0. The van der Waals surface area contributed by atoms with E-state index in [9.17, 15) is 0 Å². The molecule has 4 nitrogen and oxygen atoms in total. The van der Waals surface area contributed by atoms with Crippen LogP contribution in [0.1, 0.15) is 25.3 Å². The molecule has 0 radical (unpaired) electrons. The third kappa shape index (κ3) is 1.09. The van der Waals surface area contributed by atoms with E-state index < -0.39 is 0 Å². The van der Waals surface area contributed by atoms with E-state index in [0.29, 0.717) is 11.7 Å². The van der Waals surface area contributed by atoms with Gasteiger partial charge in [-0.15, -0.1) is 4.98 Å². The van der Waals surface area contributed by atoms with Crippen molar-refractivity contribution in [3.63, 3.8) is 0 Å². The van der Waals surface area contributed by atoms with Gasteiger partial charge in [-0.3, -0.25) is 0 Å². The van der Waals surface area contributed by atoms with Crippen LogP contribution < -0.4 is 10.7 Å². The van der Waals surface area contributed by atoms with Gasteiger partial charge in [0.05, 0.1) is 0 Å². The number of hydrogen-bond donors (Lipinski definition) is 2. The Morgan fingerprint density at radius 2 is 2.38 bits per heavy atom. The Kier molecular flexibility index (Phi) is 1.59. The molecule has 0 fully saturated rings. The van der Waals surface area contributed by atoms with E-state index >= 15 is 0 Å². The van der Waals surface area contributed by atoms with Crippen LogP contribution >= 0.6 is 0 Å². The Bertz CT molecular complexity index is 430. The lowest BCUT2D eigenvalue weighted by molar-refractivity contribution is -0.262. The summed E-state index contributed by atoms with van der Waals surface area (Å²) in [7, 11) is 0. The number of nitrogens with zero attached hydrogens (tertiary/aromatic N) is 2. The van der Waals surface area contributed by atoms with Crippen molar-refractivity contribution in [1.82, 2.24) is 9.97 Å². The van der Waals surface area contributed by atoms with E-state index in [1.807, 2.05) is 6.20 Å². The number of H-pyrrole nitrogens is 1. The number of nitrogen functional groups attached to an aromatic ring is 1. The SMILES string of the molecule is CC(C)c1c[nH]c2c(N)nc#[n+]c12. The standard InChI is InChI=1S/C9H10N4/c1-5(2)6-3-11-8-7(6)12-4-13-9(8)10/h3,5H,1-2H3,(H2,10,11)/p+1. The average Bonchev–Trinajstić information content (AvgIpc) is 2.48. The molecule has 66 valence electrons. The van der Waals surface area contributed by atoms with E-state index in [4.69, 9.17) is 5.73 Å². The minimum atomic E-state index is 0.427. The molecule has 0 aliphatic carbocycles. The van der Waals surface area contributed by atoms with Crippen LogP contribution in [-0.2, 0) is 0 Å². The Morgan fingerprint density at radius 3 is 3.08 bits per heavy atom. The lowest BCUT2D eigenvalue weighted by Crippen LogP contribution is -2.01. The van der Waals surface area contributed by atoms with Gasteiger partial charge in [-0.2, -0.15) is 0 Å². The Balaban J connectivity index is 2.75. The van der Waals surface area contributed by atoms with Gasteiger partial charge in [0, 0.05) is 16.7 Å². The van der Waals surface area contributed by atoms with Gasteiger partial charge in [0.15, 0.2) is 5.52 Å². The summed E-state index contributed by atoms with van der Waals surface area (Å²) in [6.45, 7) is 4.22. The fourth-order valence-electron chi connectivity index (χ4n) is 1.37. The summed E-state index contributed by atoms with van der Waals surface area (Å²) in [5.74, 6) is 0.883. The highest BCUT2D eigenvalue weighted by Crippen LogP contribution is 2.22. The number of fused-ring (bicyclic) bond motifs is 1. The van der Waals surface area contributed by atoms with Crippen molar-refractivity contribution in [2.45, 2.75) is 19.8 Å². The zero-order chi connectivity index (χ0) is 9.42. The zero-order valence-electron chi connectivity index (χ0n) is 7.63. The molecule has 0 spiro atoms. The Hall–Kier alpha value is -1.76. The maximum atomic E-state index is 5.66. The molecule has 0 bridgehead atoms. The van der Waals surface area contributed by atoms with Gasteiger partial charge in [-0.25, -0.2) is 0 Å². The van der Waals surface area contributed by atoms with Crippen molar-refractivity contribution in [1.29, 1.82) is 0 Å². The van der Waals surface area contributed by atoms with Crippen LogP contribution in [0, 0.1) is 6.33 Å². The van der Waals surface area contributed by atoms with E-state index in [1.54, 1.807) is 0 Å². The summed E-state index contributed by atoms with van der Waals surface area (Å²) in [6, 6.07) is 0. The molecule has 0 unspecified atom stereocenters. The first-order valence-corrected chi connectivity index (χ1v) is 4.20. The van der Waals surface area contributed by atoms with Crippen LogP contribution in [0.25, 0.3) is 11.0 Å². The normalized spacial score (nSPS) is 10.7. The van der Waals surface area contributed by atoms with E-state index in [-0.39, 0.29) is 0 Å². The van der Waals surface area contributed by atoms with Crippen molar-refractivity contribution in [3.8, 4) is 0 Å². The van der Waals surface area contributed by atoms with Crippen molar-refractivity contribution in [3.05, 3.63) is 18.1 Å². The van der Waals surface area contributed by atoms with Crippen LogP contribution in [0.15, 0.2) is 6.20 Å². The second-order valence-corrected chi connectivity index (χ2v) is 3.33. The van der Waals surface area contributed by atoms with E-state index in [1.165, 1.54) is 0 Å². The molecule has 0 atom stereocenters. The van der Waals surface area contributed by atoms with Gasteiger partial charge in [0.2, 0.25) is 0 Å². The van der Waals surface area contributed by atoms with Gasteiger partial charge >= 0.3 is 6.33 Å². The molecular formula is C9H11N4+. The number of hydrogen-bond acceptors (Lipinski definition) is 2. The number of rotatable bonds is 1. The molecule has 2 rings (SSSR count). The maximum Gasteiger partial charge on any atom is 0.432 e. The molecule has 2 aromatic rings. The van der Waals surface area contributed by atoms with Crippen molar-refractivity contribution < 1.29 is 4.98 Å². The second-order valence-electron chi connectivity index (χ2n) is 3.33. The summed E-state index contributed by atoms with van der Waals surface area (Å²) >= 11 is 0. The Morgan fingerprint density at radius 1 is 1.62 bits per heavy atom. The molecule has 0 saturated carbocycles. The van der Waals surface area contributed by atoms with Crippen LogP contribution in [0.3, 0.4) is 0 Å². The van der Waals surface area contributed by atoms with E-state index in [2.05, 4.69) is 35.1 Å². The minimum absolute atomic E-state index is 0.427.